The van der Waals surface area contributed by atoms with Crippen LogP contribution in [0.25, 0.3) is 16.6 Å². The average Bonchev–Trinajstić information content (AvgIpc) is 2.81. The molecule has 0 saturated heterocycles. The van der Waals surface area contributed by atoms with Crippen molar-refractivity contribution < 1.29 is 4.39 Å². The molecule has 5 heteroatoms. The topological polar surface area (TPSA) is 54.5 Å². The number of nitriles is 1. The van der Waals surface area contributed by atoms with Crippen LogP contribution in [-0.2, 0) is 0 Å². The zero-order valence-electron chi connectivity index (χ0n) is 9.21. The van der Waals surface area contributed by atoms with Crippen molar-refractivity contribution in [2.24, 2.45) is 0 Å². The lowest BCUT2D eigenvalue weighted by molar-refractivity contribution is 0.629. The van der Waals surface area contributed by atoms with Crippen LogP contribution >= 0.6 is 0 Å². The number of nitrogens with zero attached hydrogens (tertiary/aromatic N) is 4. The molecular formula is C13H7FN4. The van der Waals surface area contributed by atoms with Gasteiger partial charge in [0, 0.05) is 11.6 Å². The fourth-order valence-corrected chi connectivity index (χ4v) is 1.81. The quantitative estimate of drug-likeness (QED) is 0.654. The molecular weight excluding hydrogens is 231 g/mol. The van der Waals surface area contributed by atoms with E-state index in [-0.39, 0.29) is 5.82 Å². The van der Waals surface area contributed by atoms with E-state index in [1.165, 1.54) is 18.3 Å². The molecule has 18 heavy (non-hydrogen) atoms. The summed E-state index contributed by atoms with van der Waals surface area (Å²) < 4.78 is 14.7. The van der Waals surface area contributed by atoms with Gasteiger partial charge < -0.3 is 0 Å². The molecule has 0 saturated carbocycles. The second-order valence-electron chi connectivity index (χ2n) is 3.80. The summed E-state index contributed by atoms with van der Waals surface area (Å²) in [6, 6.07) is 8.15. The lowest BCUT2D eigenvalue weighted by atomic mass is 10.2. The van der Waals surface area contributed by atoms with E-state index in [9.17, 15) is 4.39 Å². The summed E-state index contributed by atoms with van der Waals surface area (Å²) >= 11 is 0. The molecule has 0 aliphatic heterocycles. The molecule has 0 fully saturated rings. The van der Waals surface area contributed by atoms with Gasteiger partial charge in [0.1, 0.15) is 11.9 Å². The highest BCUT2D eigenvalue weighted by atomic mass is 19.1. The Bertz CT molecular complexity index is 770. The van der Waals surface area contributed by atoms with Crippen molar-refractivity contribution in [3.8, 4) is 11.8 Å². The minimum absolute atomic E-state index is 0.300. The highest BCUT2D eigenvalue weighted by molar-refractivity contribution is 5.80. The number of hydrogen-bond donors (Lipinski definition) is 0. The molecule has 4 nitrogen and oxygen atoms in total. The van der Waals surface area contributed by atoms with Crippen LogP contribution in [0.2, 0.25) is 0 Å². The Morgan fingerprint density at radius 3 is 2.89 bits per heavy atom. The van der Waals surface area contributed by atoms with Crippen LogP contribution in [0, 0.1) is 17.1 Å². The van der Waals surface area contributed by atoms with Crippen LogP contribution in [0.4, 0.5) is 4.39 Å². The number of halogens is 1. The Balaban J connectivity index is 2.23. The normalized spacial score (nSPS) is 10.4. The Hall–Kier alpha value is -2.74. The van der Waals surface area contributed by atoms with E-state index in [1.807, 2.05) is 6.07 Å². The molecule has 3 aromatic rings. The van der Waals surface area contributed by atoms with Crippen molar-refractivity contribution in [1.82, 2.24) is 14.8 Å². The molecule has 0 N–H and O–H groups in total. The molecule has 0 aliphatic carbocycles. The monoisotopic (exact) mass is 238 g/mol. The summed E-state index contributed by atoms with van der Waals surface area (Å²) in [6.45, 7) is 0. The van der Waals surface area contributed by atoms with Gasteiger partial charge in [0.05, 0.1) is 29.2 Å². The SMILES string of the molecule is N#Cc1cncc(-n2ncc3cc(F)ccc32)c1. The molecule has 0 amide bonds. The number of benzene rings is 1. The van der Waals surface area contributed by atoms with Gasteiger partial charge in [-0.25, -0.2) is 9.07 Å². The molecule has 0 atom stereocenters. The molecule has 3 rings (SSSR count). The maximum absolute atomic E-state index is 13.1. The predicted molar refractivity (Wildman–Crippen MR) is 63.5 cm³/mol. The maximum atomic E-state index is 13.1. The first-order valence-corrected chi connectivity index (χ1v) is 5.27. The van der Waals surface area contributed by atoms with Gasteiger partial charge in [-0.05, 0) is 24.3 Å². The lowest BCUT2D eigenvalue weighted by Gasteiger charge is -2.02. The van der Waals surface area contributed by atoms with Gasteiger partial charge in [-0.15, -0.1) is 0 Å². The number of fused-ring (bicyclic) bond motifs is 1. The van der Waals surface area contributed by atoms with E-state index in [0.717, 1.165) is 5.52 Å². The molecule has 2 heterocycles. The van der Waals surface area contributed by atoms with Gasteiger partial charge in [-0.3, -0.25) is 4.98 Å². The van der Waals surface area contributed by atoms with Gasteiger partial charge in [-0.1, -0.05) is 0 Å². The number of hydrogen-bond acceptors (Lipinski definition) is 3. The maximum Gasteiger partial charge on any atom is 0.124 e. The van der Waals surface area contributed by atoms with E-state index < -0.39 is 0 Å². The lowest BCUT2D eigenvalue weighted by Crippen LogP contribution is -1.97. The average molecular weight is 238 g/mol. The molecule has 0 radical (unpaired) electrons. The zero-order valence-corrected chi connectivity index (χ0v) is 9.21. The summed E-state index contributed by atoms with van der Waals surface area (Å²) in [6.07, 6.45) is 4.67. The molecule has 86 valence electrons. The second kappa shape index (κ2) is 3.93. The highest BCUT2D eigenvalue weighted by Gasteiger charge is 2.06. The van der Waals surface area contributed by atoms with Gasteiger partial charge in [0.15, 0.2) is 0 Å². The van der Waals surface area contributed by atoms with E-state index in [4.69, 9.17) is 5.26 Å². The van der Waals surface area contributed by atoms with Crippen molar-refractivity contribution in [2.75, 3.05) is 0 Å². The van der Waals surface area contributed by atoms with E-state index in [0.29, 0.717) is 16.6 Å². The molecule has 2 aromatic heterocycles. The first kappa shape index (κ1) is 10.4. The molecule has 0 spiro atoms. The Kier molecular flexibility index (Phi) is 2.27. The van der Waals surface area contributed by atoms with Crippen molar-refractivity contribution in [3.05, 3.63) is 54.2 Å². The summed E-state index contributed by atoms with van der Waals surface area (Å²) in [5.74, 6) is -0.300. The van der Waals surface area contributed by atoms with Gasteiger partial charge >= 0.3 is 0 Å². The van der Waals surface area contributed by atoms with Crippen molar-refractivity contribution in [2.45, 2.75) is 0 Å². The predicted octanol–water partition coefficient (Wildman–Crippen LogP) is 2.43. The summed E-state index contributed by atoms with van der Waals surface area (Å²) in [7, 11) is 0. The summed E-state index contributed by atoms with van der Waals surface area (Å²) in [5.41, 5.74) is 1.90. The van der Waals surface area contributed by atoms with E-state index >= 15 is 0 Å². The van der Waals surface area contributed by atoms with Crippen molar-refractivity contribution >= 4 is 10.9 Å². The van der Waals surface area contributed by atoms with Crippen LogP contribution in [0.1, 0.15) is 5.56 Å². The van der Waals surface area contributed by atoms with Gasteiger partial charge in [0.2, 0.25) is 0 Å². The van der Waals surface area contributed by atoms with Crippen LogP contribution in [0.5, 0.6) is 0 Å². The third-order valence-electron chi connectivity index (χ3n) is 2.63. The fourth-order valence-electron chi connectivity index (χ4n) is 1.81. The van der Waals surface area contributed by atoms with Crippen LogP contribution in [-0.4, -0.2) is 14.8 Å². The van der Waals surface area contributed by atoms with E-state index in [2.05, 4.69) is 10.1 Å². The van der Waals surface area contributed by atoms with Crippen molar-refractivity contribution in [3.63, 3.8) is 0 Å². The smallest absolute Gasteiger partial charge is 0.124 e. The zero-order chi connectivity index (χ0) is 12.5. The third kappa shape index (κ3) is 1.60. The first-order valence-electron chi connectivity index (χ1n) is 5.27. The van der Waals surface area contributed by atoms with Crippen molar-refractivity contribution in [1.29, 1.82) is 5.26 Å². The Morgan fingerprint density at radius 2 is 2.06 bits per heavy atom. The van der Waals surface area contributed by atoms with Crippen LogP contribution in [0.15, 0.2) is 42.9 Å². The van der Waals surface area contributed by atoms with Crippen LogP contribution < -0.4 is 0 Å². The largest absolute Gasteiger partial charge is 0.261 e. The Morgan fingerprint density at radius 1 is 1.17 bits per heavy atom. The van der Waals surface area contributed by atoms with Gasteiger partial charge in [0.25, 0.3) is 0 Å². The summed E-state index contributed by atoms with van der Waals surface area (Å²) in [5, 5.41) is 13.7. The number of pyridine rings is 1. The number of rotatable bonds is 1. The van der Waals surface area contributed by atoms with Crippen LogP contribution in [0.3, 0.4) is 0 Å². The second-order valence-corrected chi connectivity index (χ2v) is 3.80. The molecule has 0 aliphatic rings. The minimum atomic E-state index is -0.300. The third-order valence-corrected chi connectivity index (χ3v) is 2.63. The fraction of sp³-hybridized carbons (Fsp3) is 0. The minimum Gasteiger partial charge on any atom is -0.261 e. The molecule has 0 bridgehead atoms. The van der Waals surface area contributed by atoms with E-state index in [1.54, 1.807) is 29.2 Å². The molecule has 0 unspecified atom stereocenters. The Labute approximate surface area is 102 Å². The van der Waals surface area contributed by atoms with Gasteiger partial charge in [-0.2, -0.15) is 10.4 Å². The molecule has 1 aromatic carbocycles. The summed E-state index contributed by atoms with van der Waals surface area (Å²) in [4.78, 5) is 3.98. The highest BCUT2D eigenvalue weighted by Crippen LogP contribution is 2.19. The standard InChI is InChI=1S/C13H7FN4/c14-11-1-2-13-10(4-11)7-17-18(13)12-3-9(5-15)6-16-8-12/h1-4,6-8H. The number of aromatic nitrogens is 3. The first-order chi connectivity index (χ1) is 8.78.